The van der Waals surface area contributed by atoms with E-state index in [-0.39, 0.29) is 11.3 Å². The van der Waals surface area contributed by atoms with Crippen molar-refractivity contribution in [3.63, 3.8) is 0 Å². The molecule has 2 aromatic heterocycles. The van der Waals surface area contributed by atoms with Crippen LogP contribution in [0, 0.1) is 0 Å². The predicted molar refractivity (Wildman–Crippen MR) is 105 cm³/mol. The largest absolute Gasteiger partial charge is 0.356 e. The van der Waals surface area contributed by atoms with Crippen molar-refractivity contribution >= 4 is 11.4 Å². The number of hydrogen-bond acceptors (Lipinski definition) is 2. The maximum Gasteiger partial charge on any atom is 0.220 e. The van der Waals surface area contributed by atoms with Gasteiger partial charge in [0, 0.05) is 25.6 Å². The summed E-state index contributed by atoms with van der Waals surface area (Å²) < 4.78 is 2.06. The summed E-state index contributed by atoms with van der Waals surface area (Å²) in [5, 5.41) is 3.00. The summed E-state index contributed by atoms with van der Waals surface area (Å²) in [5.41, 5.74) is 3.75. The fourth-order valence-electron chi connectivity index (χ4n) is 3.02. The maximum atomic E-state index is 12.1. The highest BCUT2D eigenvalue weighted by Gasteiger charge is 2.13. The van der Waals surface area contributed by atoms with Gasteiger partial charge in [0.25, 0.3) is 0 Å². The van der Waals surface area contributed by atoms with Gasteiger partial charge in [-0.15, -0.1) is 0 Å². The Balaban J connectivity index is 1.44. The second-order valence-electron chi connectivity index (χ2n) is 7.72. The molecular weight excluding hydrogens is 322 g/mol. The molecule has 0 saturated carbocycles. The Bertz CT molecular complexity index is 872. The number of nitrogens with zero attached hydrogens (tertiary/aromatic N) is 2. The average Bonchev–Trinajstić information content (AvgIpc) is 3.03. The lowest BCUT2D eigenvalue weighted by atomic mass is 9.86. The third-order valence-corrected chi connectivity index (χ3v) is 4.65. The van der Waals surface area contributed by atoms with E-state index in [9.17, 15) is 4.79 Å². The predicted octanol–water partition coefficient (Wildman–Crippen LogP) is 3.92. The Hall–Kier alpha value is -2.62. The molecule has 0 atom stereocenters. The quantitative estimate of drug-likeness (QED) is 0.733. The number of imidazole rings is 1. The Kier molecular flexibility index (Phi) is 5.40. The first-order valence-corrected chi connectivity index (χ1v) is 9.20. The lowest BCUT2D eigenvalue weighted by Gasteiger charge is -2.19. The van der Waals surface area contributed by atoms with Crippen LogP contribution in [0.5, 0.6) is 0 Å². The van der Waals surface area contributed by atoms with E-state index in [1.165, 1.54) is 11.1 Å². The molecule has 0 spiro atoms. The fraction of sp³-hybridized carbons (Fsp3) is 0.364. The summed E-state index contributed by atoms with van der Waals surface area (Å²) in [5.74, 6) is 1.06. The van der Waals surface area contributed by atoms with Gasteiger partial charge >= 0.3 is 0 Å². The summed E-state index contributed by atoms with van der Waals surface area (Å²) >= 11 is 0. The number of nitrogens with one attached hydrogen (secondary N) is 1. The molecular formula is C22H27N3O. The number of carbonyl (C=O) groups is 1. The SMILES string of the molecule is CC(C)(C)c1ccc(CCC(=O)NCCc2ncc3ccccn23)cc1. The van der Waals surface area contributed by atoms with Gasteiger partial charge in [0.15, 0.2) is 0 Å². The first-order chi connectivity index (χ1) is 12.4. The number of pyridine rings is 1. The van der Waals surface area contributed by atoms with Crippen LogP contribution in [-0.2, 0) is 23.1 Å². The van der Waals surface area contributed by atoms with E-state index in [0.717, 1.165) is 24.2 Å². The van der Waals surface area contributed by atoms with E-state index in [0.29, 0.717) is 13.0 Å². The summed E-state index contributed by atoms with van der Waals surface area (Å²) in [7, 11) is 0. The molecule has 0 aliphatic rings. The zero-order valence-corrected chi connectivity index (χ0v) is 15.8. The summed E-state index contributed by atoms with van der Waals surface area (Å²) in [6, 6.07) is 14.6. The highest BCUT2D eigenvalue weighted by atomic mass is 16.1. The Morgan fingerprint density at radius 1 is 1.08 bits per heavy atom. The smallest absolute Gasteiger partial charge is 0.220 e. The standard InChI is InChI=1S/C22H27N3O/c1-22(2,3)18-10-7-17(8-11-18)9-12-21(26)23-14-13-20-24-16-19-6-4-5-15-25(19)20/h4-8,10-11,15-16H,9,12-14H2,1-3H3,(H,23,26). The second-order valence-corrected chi connectivity index (χ2v) is 7.72. The number of fused-ring (bicyclic) bond motifs is 1. The molecule has 1 N–H and O–H groups in total. The van der Waals surface area contributed by atoms with Crippen LogP contribution in [0.3, 0.4) is 0 Å². The van der Waals surface area contributed by atoms with E-state index in [1.807, 2.05) is 30.6 Å². The Morgan fingerprint density at radius 2 is 1.85 bits per heavy atom. The van der Waals surface area contributed by atoms with Crippen molar-refractivity contribution in [3.8, 4) is 0 Å². The normalized spacial score (nSPS) is 11.7. The van der Waals surface area contributed by atoms with Crippen LogP contribution >= 0.6 is 0 Å². The van der Waals surface area contributed by atoms with E-state index < -0.39 is 0 Å². The molecule has 0 bridgehead atoms. The highest BCUT2D eigenvalue weighted by Crippen LogP contribution is 2.22. The summed E-state index contributed by atoms with van der Waals surface area (Å²) in [6.45, 7) is 7.23. The number of carbonyl (C=O) groups excluding carboxylic acids is 1. The number of amides is 1. The minimum Gasteiger partial charge on any atom is -0.356 e. The van der Waals surface area contributed by atoms with Crippen molar-refractivity contribution in [2.75, 3.05) is 6.54 Å². The molecule has 0 fully saturated rings. The lowest BCUT2D eigenvalue weighted by molar-refractivity contribution is -0.121. The molecule has 0 saturated heterocycles. The third kappa shape index (κ3) is 4.51. The molecule has 4 nitrogen and oxygen atoms in total. The van der Waals surface area contributed by atoms with E-state index in [2.05, 4.69) is 59.7 Å². The Labute approximate surface area is 155 Å². The molecule has 136 valence electrons. The van der Waals surface area contributed by atoms with Crippen LogP contribution in [0.1, 0.15) is 44.1 Å². The number of hydrogen-bond donors (Lipinski definition) is 1. The average molecular weight is 349 g/mol. The molecule has 1 aromatic carbocycles. The monoisotopic (exact) mass is 349 g/mol. The molecule has 3 aromatic rings. The van der Waals surface area contributed by atoms with Gasteiger partial charge in [-0.05, 0) is 35.1 Å². The Morgan fingerprint density at radius 3 is 2.58 bits per heavy atom. The second kappa shape index (κ2) is 7.73. The van der Waals surface area contributed by atoms with E-state index in [1.54, 1.807) is 0 Å². The van der Waals surface area contributed by atoms with Gasteiger partial charge in [-0.2, -0.15) is 0 Å². The van der Waals surface area contributed by atoms with Crippen molar-refractivity contribution in [2.45, 2.75) is 45.4 Å². The molecule has 0 radical (unpaired) electrons. The minimum atomic E-state index is 0.0887. The van der Waals surface area contributed by atoms with Gasteiger partial charge in [-0.1, -0.05) is 51.1 Å². The van der Waals surface area contributed by atoms with Gasteiger partial charge in [-0.25, -0.2) is 4.98 Å². The molecule has 1 amide bonds. The molecule has 0 unspecified atom stereocenters. The summed E-state index contributed by atoms with van der Waals surface area (Å²) in [4.78, 5) is 16.5. The maximum absolute atomic E-state index is 12.1. The fourth-order valence-corrected chi connectivity index (χ4v) is 3.02. The van der Waals surface area contributed by atoms with Crippen molar-refractivity contribution in [3.05, 3.63) is 71.8 Å². The number of benzene rings is 1. The highest BCUT2D eigenvalue weighted by molar-refractivity contribution is 5.76. The van der Waals surface area contributed by atoms with Crippen LogP contribution in [0.2, 0.25) is 0 Å². The van der Waals surface area contributed by atoms with Gasteiger partial charge < -0.3 is 9.72 Å². The molecule has 26 heavy (non-hydrogen) atoms. The van der Waals surface area contributed by atoms with Crippen molar-refractivity contribution in [1.29, 1.82) is 0 Å². The molecule has 2 heterocycles. The van der Waals surface area contributed by atoms with Crippen molar-refractivity contribution in [1.82, 2.24) is 14.7 Å². The zero-order valence-electron chi connectivity index (χ0n) is 15.8. The minimum absolute atomic E-state index is 0.0887. The van der Waals surface area contributed by atoms with Gasteiger partial charge in [0.2, 0.25) is 5.91 Å². The number of aryl methyl sites for hydroxylation is 1. The summed E-state index contributed by atoms with van der Waals surface area (Å²) in [6.07, 6.45) is 5.86. The third-order valence-electron chi connectivity index (χ3n) is 4.65. The number of aromatic nitrogens is 2. The number of rotatable bonds is 6. The van der Waals surface area contributed by atoms with Gasteiger partial charge in [0.1, 0.15) is 5.82 Å². The molecule has 3 rings (SSSR count). The van der Waals surface area contributed by atoms with Crippen LogP contribution in [-0.4, -0.2) is 21.8 Å². The van der Waals surface area contributed by atoms with Crippen LogP contribution in [0.15, 0.2) is 54.9 Å². The lowest BCUT2D eigenvalue weighted by Crippen LogP contribution is -2.26. The van der Waals surface area contributed by atoms with Crippen molar-refractivity contribution < 1.29 is 4.79 Å². The van der Waals surface area contributed by atoms with Crippen molar-refractivity contribution in [2.24, 2.45) is 0 Å². The molecule has 4 heteroatoms. The van der Waals surface area contributed by atoms with Gasteiger partial charge in [0.05, 0.1) is 11.7 Å². The van der Waals surface area contributed by atoms with Gasteiger partial charge in [-0.3, -0.25) is 4.79 Å². The first-order valence-electron chi connectivity index (χ1n) is 9.20. The van der Waals surface area contributed by atoms with E-state index >= 15 is 0 Å². The molecule has 0 aliphatic heterocycles. The first kappa shape index (κ1) is 18.2. The zero-order chi connectivity index (χ0) is 18.6. The van der Waals surface area contributed by atoms with E-state index in [4.69, 9.17) is 0 Å². The van der Waals surface area contributed by atoms with Crippen LogP contribution in [0.25, 0.3) is 5.52 Å². The molecule has 0 aliphatic carbocycles. The van der Waals surface area contributed by atoms with Crippen LogP contribution < -0.4 is 5.32 Å². The van der Waals surface area contributed by atoms with Crippen LogP contribution in [0.4, 0.5) is 0 Å². The topological polar surface area (TPSA) is 46.4 Å².